The Hall–Kier alpha value is -3.17. The number of oxazole rings is 2. The zero-order valence-electron chi connectivity index (χ0n) is 13.0. The van der Waals surface area contributed by atoms with Gasteiger partial charge in [-0.3, -0.25) is 0 Å². The SMILES string of the molecule is Cc1nc2c(CN)c(Cc3nc4c(C#N)cccc4o3)ccc2o1. The molecule has 0 aliphatic heterocycles. The normalized spacial score (nSPS) is 11.2. The molecule has 118 valence electrons. The molecule has 0 bridgehead atoms. The van der Waals surface area contributed by atoms with Crippen LogP contribution in [0.5, 0.6) is 0 Å². The van der Waals surface area contributed by atoms with E-state index in [0.717, 1.165) is 22.2 Å². The summed E-state index contributed by atoms with van der Waals surface area (Å²) in [6.45, 7) is 2.16. The fraction of sp³-hybridized carbons (Fsp3) is 0.167. The second-order valence-electron chi connectivity index (χ2n) is 5.54. The van der Waals surface area contributed by atoms with Crippen molar-refractivity contribution in [2.75, 3.05) is 0 Å². The lowest BCUT2D eigenvalue weighted by Gasteiger charge is -2.05. The van der Waals surface area contributed by atoms with Crippen LogP contribution in [-0.4, -0.2) is 9.97 Å². The number of aryl methyl sites for hydroxylation is 1. The number of aromatic nitrogens is 2. The van der Waals surface area contributed by atoms with Crippen molar-refractivity contribution in [2.45, 2.75) is 19.9 Å². The Balaban J connectivity index is 1.80. The molecule has 0 saturated carbocycles. The Morgan fingerprint density at radius 1 is 1.08 bits per heavy atom. The van der Waals surface area contributed by atoms with E-state index in [2.05, 4.69) is 16.0 Å². The summed E-state index contributed by atoms with van der Waals surface area (Å²) < 4.78 is 11.3. The van der Waals surface area contributed by atoms with Crippen LogP contribution in [0.4, 0.5) is 0 Å². The fourth-order valence-corrected chi connectivity index (χ4v) is 2.92. The van der Waals surface area contributed by atoms with E-state index in [1.165, 1.54) is 0 Å². The van der Waals surface area contributed by atoms with Crippen molar-refractivity contribution in [3.63, 3.8) is 0 Å². The molecule has 24 heavy (non-hydrogen) atoms. The molecule has 6 nitrogen and oxygen atoms in total. The van der Waals surface area contributed by atoms with E-state index in [0.29, 0.717) is 41.4 Å². The van der Waals surface area contributed by atoms with E-state index in [-0.39, 0.29) is 0 Å². The van der Waals surface area contributed by atoms with Gasteiger partial charge >= 0.3 is 0 Å². The van der Waals surface area contributed by atoms with Crippen molar-refractivity contribution in [3.05, 3.63) is 58.8 Å². The van der Waals surface area contributed by atoms with Crippen molar-refractivity contribution in [1.82, 2.24) is 9.97 Å². The highest BCUT2D eigenvalue weighted by Gasteiger charge is 2.15. The number of rotatable bonds is 3. The monoisotopic (exact) mass is 318 g/mol. The molecule has 0 amide bonds. The van der Waals surface area contributed by atoms with Crippen LogP contribution in [0, 0.1) is 18.3 Å². The van der Waals surface area contributed by atoms with E-state index < -0.39 is 0 Å². The minimum atomic E-state index is 0.350. The Bertz CT molecular complexity index is 1100. The van der Waals surface area contributed by atoms with Crippen LogP contribution in [-0.2, 0) is 13.0 Å². The zero-order chi connectivity index (χ0) is 16.7. The van der Waals surface area contributed by atoms with Gasteiger partial charge < -0.3 is 14.6 Å². The molecule has 0 atom stereocenters. The zero-order valence-corrected chi connectivity index (χ0v) is 13.0. The smallest absolute Gasteiger partial charge is 0.199 e. The molecule has 4 rings (SSSR count). The summed E-state index contributed by atoms with van der Waals surface area (Å²) in [7, 11) is 0. The van der Waals surface area contributed by atoms with Crippen molar-refractivity contribution in [3.8, 4) is 6.07 Å². The van der Waals surface area contributed by atoms with Crippen LogP contribution < -0.4 is 5.73 Å². The van der Waals surface area contributed by atoms with Gasteiger partial charge in [-0.15, -0.1) is 0 Å². The third-order valence-electron chi connectivity index (χ3n) is 4.00. The standard InChI is InChI=1S/C18H14N4O2/c1-10-21-18-13(9-20)11(5-6-15(18)23-10)7-16-22-17-12(8-19)3-2-4-14(17)24-16/h2-6H,7,9,20H2,1H3. The van der Waals surface area contributed by atoms with Gasteiger partial charge in [0.2, 0.25) is 0 Å². The first-order valence-electron chi connectivity index (χ1n) is 7.56. The van der Waals surface area contributed by atoms with E-state index in [9.17, 15) is 5.26 Å². The molecule has 2 aromatic heterocycles. The number of nitrogens with zero attached hydrogens (tertiary/aromatic N) is 3. The van der Waals surface area contributed by atoms with E-state index in [4.69, 9.17) is 14.6 Å². The first kappa shape index (κ1) is 14.4. The van der Waals surface area contributed by atoms with Crippen LogP contribution in [0.3, 0.4) is 0 Å². The molecule has 2 N–H and O–H groups in total. The van der Waals surface area contributed by atoms with Gasteiger partial charge in [-0.05, 0) is 29.3 Å². The summed E-state index contributed by atoms with van der Waals surface area (Å²) >= 11 is 0. The molecule has 2 aromatic carbocycles. The maximum absolute atomic E-state index is 9.17. The molecule has 0 aliphatic carbocycles. The molecular formula is C18H14N4O2. The van der Waals surface area contributed by atoms with Gasteiger partial charge in [0.15, 0.2) is 22.9 Å². The molecule has 2 heterocycles. The average Bonchev–Trinajstić information content (AvgIpc) is 3.16. The number of benzene rings is 2. The fourth-order valence-electron chi connectivity index (χ4n) is 2.92. The van der Waals surface area contributed by atoms with E-state index in [1.54, 1.807) is 18.2 Å². The number of nitrogens with two attached hydrogens (primary N) is 1. The Kier molecular flexibility index (Phi) is 3.29. The number of hydrogen-bond acceptors (Lipinski definition) is 6. The van der Waals surface area contributed by atoms with Gasteiger partial charge in [0.25, 0.3) is 0 Å². The molecule has 0 radical (unpaired) electrons. The first-order chi connectivity index (χ1) is 11.7. The van der Waals surface area contributed by atoms with Gasteiger partial charge in [-0.25, -0.2) is 9.97 Å². The third kappa shape index (κ3) is 2.23. The molecule has 0 aliphatic rings. The predicted octanol–water partition coefficient (Wildman–Crippen LogP) is 3.20. The minimum Gasteiger partial charge on any atom is -0.441 e. The largest absolute Gasteiger partial charge is 0.441 e. The van der Waals surface area contributed by atoms with Crippen molar-refractivity contribution < 1.29 is 8.83 Å². The molecule has 0 saturated heterocycles. The predicted molar refractivity (Wildman–Crippen MR) is 88.2 cm³/mol. The van der Waals surface area contributed by atoms with Crippen molar-refractivity contribution in [2.24, 2.45) is 5.73 Å². The Labute approximate surface area is 137 Å². The van der Waals surface area contributed by atoms with Gasteiger partial charge in [0.05, 0.1) is 5.56 Å². The Morgan fingerprint density at radius 2 is 1.92 bits per heavy atom. The highest BCUT2D eigenvalue weighted by atomic mass is 16.4. The van der Waals surface area contributed by atoms with E-state index >= 15 is 0 Å². The summed E-state index contributed by atoms with van der Waals surface area (Å²) in [6, 6.07) is 11.3. The van der Waals surface area contributed by atoms with Gasteiger partial charge in [-0.1, -0.05) is 12.1 Å². The summed E-state index contributed by atoms with van der Waals surface area (Å²) in [4.78, 5) is 8.88. The number of para-hydroxylation sites is 1. The van der Waals surface area contributed by atoms with E-state index in [1.807, 2.05) is 19.1 Å². The second-order valence-corrected chi connectivity index (χ2v) is 5.54. The molecular weight excluding hydrogens is 304 g/mol. The van der Waals surface area contributed by atoms with Crippen LogP contribution in [0.15, 0.2) is 39.2 Å². The van der Waals surface area contributed by atoms with Crippen LogP contribution >= 0.6 is 0 Å². The number of fused-ring (bicyclic) bond motifs is 2. The Morgan fingerprint density at radius 3 is 2.71 bits per heavy atom. The lowest BCUT2D eigenvalue weighted by atomic mass is 10.0. The maximum atomic E-state index is 9.17. The first-order valence-corrected chi connectivity index (χ1v) is 7.56. The number of nitriles is 1. The third-order valence-corrected chi connectivity index (χ3v) is 4.00. The molecule has 0 fully saturated rings. The average molecular weight is 318 g/mol. The quantitative estimate of drug-likeness (QED) is 0.622. The van der Waals surface area contributed by atoms with Gasteiger partial charge in [-0.2, -0.15) is 5.26 Å². The van der Waals surface area contributed by atoms with Gasteiger partial charge in [0, 0.05) is 19.9 Å². The minimum absolute atomic E-state index is 0.350. The summed E-state index contributed by atoms with van der Waals surface area (Å²) in [5.41, 5.74) is 11.0. The molecule has 6 heteroatoms. The van der Waals surface area contributed by atoms with Crippen molar-refractivity contribution in [1.29, 1.82) is 5.26 Å². The highest BCUT2D eigenvalue weighted by molar-refractivity contribution is 5.80. The van der Waals surface area contributed by atoms with Crippen LogP contribution in [0.1, 0.15) is 28.5 Å². The molecule has 0 spiro atoms. The molecule has 0 unspecified atom stereocenters. The summed E-state index contributed by atoms with van der Waals surface area (Å²) in [6.07, 6.45) is 0.480. The van der Waals surface area contributed by atoms with Gasteiger partial charge in [0.1, 0.15) is 17.1 Å². The lowest BCUT2D eigenvalue weighted by molar-refractivity contribution is 0.543. The second kappa shape index (κ2) is 5.48. The highest BCUT2D eigenvalue weighted by Crippen LogP contribution is 2.26. The van der Waals surface area contributed by atoms with Crippen molar-refractivity contribution >= 4 is 22.2 Å². The maximum Gasteiger partial charge on any atom is 0.199 e. The van der Waals surface area contributed by atoms with Crippen LogP contribution in [0.25, 0.3) is 22.2 Å². The number of hydrogen-bond donors (Lipinski definition) is 1. The van der Waals surface area contributed by atoms with Crippen LogP contribution in [0.2, 0.25) is 0 Å². The lowest BCUT2D eigenvalue weighted by Crippen LogP contribution is -2.03. The summed E-state index contributed by atoms with van der Waals surface area (Å²) in [5, 5.41) is 9.17. The molecule has 4 aromatic rings. The topological polar surface area (TPSA) is 102 Å². The summed E-state index contributed by atoms with van der Waals surface area (Å²) in [5.74, 6) is 1.15.